The minimum Gasteiger partial charge on any atom is -0.417 e. The lowest BCUT2D eigenvalue weighted by atomic mass is 10.4. The Kier molecular flexibility index (Phi) is 12.1. The Morgan fingerprint density at radius 2 is 0.552 bits per heavy atom. The molecular formula is C38H74O12Si8. The standard InChI is InChI=1S/C38H74O12Si8/c1-51(2,3)41-54(34-22-8-9-23-34)46-56(36-26-12-13-27-36)44-52(39,32-18-4-5-19-32)42-55(35-24-10-11-25-35)43-53(40,33-20-6-7-21-33)45-57(47-54,37-28-14-15-29-37)50-58(48-55,49-56)38-30-16-17-31-38/h32-40H,4-31H2,1-3H3/t52-,53+,54?,55?,56+,57-,58?. The third-order valence-corrected chi connectivity index (χ3v) is 51.3. The quantitative estimate of drug-likeness (QED) is 0.213. The lowest BCUT2D eigenvalue weighted by Gasteiger charge is -2.62. The first kappa shape index (κ1) is 43.2. The average Bonchev–Trinajstić information content (AvgIpc) is 4.03. The molecule has 0 spiro atoms. The van der Waals surface area contributed by atoms with Gasteiger partial charge in [0, 0.05) is 38.8 Å². The molecule has 12 nitrogen and oxygen atoms in total. The van der Waals surface area contributed by atoms with Crippen molar-refractivity contribution in [3.63, 3.8) is 0 Å². The van der Waals surface area contributed by atoms with Gasteiger partial charge >= 0.3 is 61.6 Å². The van der Waals surface area contributed by atoms with Crippen LogP contribution < -0.4 is 0 Å². The molecule has 330 valence electrons. The third kappa shape index (κ3) is 7.82. The zero-order valence-electron chi connectivity index (χ0n) is 35.8. The summed E-state index contributed by atoms with van der Waals surface area (Å²) < 4.78 is 80.2. The van der Waals surface area contributed by atoms with Crippen molar-refractivity contribution >= 4 is 69.9 Å². The van der Waals surface area contributed by atoms with Crippen molar-refractivity contribution in [1.82, 2.24) is 0 Å². The molecule has 0 aromatic heterocycles. The Morgan fingerprint density at radius 1 is 0.328 bits per heavy atom. The van der Waals surface area contributed by atoms with Gasteiger partial charge in [0.2, 0.25) is 0 Å². The van der Waals surface area contributed by atoms with Gasteiger partial charge in [0.15, 0.2) is 8.32 Å². The molecule has 0 radical (unpaired) electrons. The van der Waals surface area contributed by atoms with Gasteiger partial charge in [-0.2, -0.15) is 0 Å². The second-order valence-electron chi connectivity index (χ2n) is 21.3. The highest BCUT2D eigenvalue weighted by Gasteiger charge is 2.83. The fourth-order valence-electron chi connectivity index (χ4n) is 13.1. The van der Waals surface area contributed by atoms with Crippen LogP contribution in [0, 0.1) is 0 Å². The Hall–Kier alpha value is 1.26. The summed E-state index contributed by atoms with van der Waals surface area (Å²) in [5.74, 6) is 0. The Bertz CT molecular complexity index is 1390. The molecule has 3 heterocycles. The highest BCUT2D eigenvalue weighted by atomic mass is 28.6. The van der Waals surface area contributed by atoms with Crippen LogP contribution in [0.4, 0.5) is 0 Å². The largest absolute Gasteiger partial charge is 0.486 e. The first-order valence-electron chi connectivity index (χ1n) is 24.3. The van der Waals surface area contributed by atoms with Crippen molar-refractivity contribution in [2.24, 2.45) is 0 Å². The van der Waals surface area contributed by atoms with E-state index in [0.717, 1.165) is 180 Å². The van der Waals surface area contributed by atoms with Crippen molar-refractivity contribution < 1.29 is 50.7 Å². The van der Waals surface area contributed by atoms with E-state index >= 15 is 0 Å². The van der Waals surface area contributed by atoms with E-state index in [1.54, 1.807) is 0 Å². The van der Waals surface area contributed by atoms with Crippen molar-refractivity contribution in [3.05, 3.63) is 0 Å². The maximum Gasteiger partial charge on any atom is 0.486 e. The lowest BCUT2D eigenvalue weighted by Crippen LogP contribution is -2.85. The molecule has 10 rings (SSSR count). The number of fused-ring (bicyclic) bond motifs is 3. The summed E-state index contributed by atoms with van der Waals surface area (Å²) in [6.07, 6.45) is 26.9. The first-order valence-corrected chi connectivity index (χ1v) is 40.4. The van der Waals surface area contributed by atoms with Gasteiger partial charge in [0.05, 0.1) is 0 Å². The van der Waals surface area contributed by atoms with E-state index in [1.165, 1.54) is 0 Å². The van der Waals surface area contributed by atoms with Gasteiger partial charge in [0.25, 0.3) is 0 Å². The summed E-state index contributed by atoms with van der Waals surface area (Å²) in [4.78, 5) is 27.7. The predicted octanol–water partition coefficient (Wildman–Crippen LogP) is 10.2. The molecule has 7 aliphatic carbocycles. The SMILES string of the molecule is C[Si](C)(C)O[Si]1(C2CCCC2)O[Si@@]2(C3CCCC3)O[Si]3(C4CCCC4)O[Si](C4CCCC4)(O[Si@](O)(C4CCCC4)O2)O[Si@@](O)(C2CCCC2)O[Si@](C2CCCC2)(O1)O3. The molecule has 10 aliphatic rings. The summed E-state index contributed by atoms with van der Waals surface area (Å²) in [5.41, 5.74) is -0.567. The van der Waals surface area contributed by atoms with Crippen LogP contribution in [0.1, 0.15) is 180 Å². The molecule has 0 aromatic rings. The minimum atomic E-state index is -4.27. The van der Waals surface area contributed by atoms with E-state index in [4.69, 9.17) is 41.2 Å². The van der Waals surface area contributed by atoms with Crippen LogP contribution in [0.15, 0.2) is 0 Å². The summed E-state index contributed by atoms with van der Waals surface area (Å²) in [6, 6.07) is 0. The molecule has 58 heavy (non-hydrogen) atoms. The van der Waals surface area contributed by atoms with Crippen molar-refractivity contribution in [2.75, 3.05) is 0 Å². The molecule has 0 aromatic carbocycles. The predicted molar refractivity (Wildman–Crippen MR) is 234 cm³/mol. The van der Waals surface area contributed by atoms with Crippen molar-refractivity contribution in [1.29, 1.82) is 0 Å². The van der Waals surface area contributed by atoms with Gasteiger partial charge in [0.1, 0.15) is 0 Å². The van der Waals surface area contributed by atoms with Crippen LogP contribution in [-0.2, 0) is 41.2 Å². The molecule has 0 amide bonds. The van der Waals surface area contributed by atoms with E-state index in [0.29, 0.717) is 0 Å². The number of hydrogen-bond donors (Lipinski definition) is 2. The maximum atomic E-state index is 13.8. The van der Waals surface area contributed by atoms with E-state index < -0.39 is 69.9 Å². The smallest absolute Gasteiger partial charge is 0.417 e. The van der Waals surface area contributed by atoms with Gasteiger partial charge in [-0.05, 0) is 110 Å². The Balaban J connectivity index is 1.27. The maximum absolute atomic E-state index is 13.8. The monoisotopic (exact) mass is 946 g/mol. The molecule has 20 heteroatoms. The van der Waals surface area contributed by atoms with E-state index in [-0.39, 0.29) is 38.8 Å². The molecule has 10 fully saturated rings. The molecule has 3 unspecified atom stereocenters. The van der Waals surface area contributed by atoms with Gasteiger partial charge in [-0.15, -0.1) is 0 Å². The van der Waals surface area contributed by atoms with Gasteiger partial charge < -0.3 is 50.7 Å². The summed E-state index contributed by atoms with van der Waals surface area (Å²) in [5, 5.41) is 0. The van der Waals surface area contributed by atoms with Gasteiger partial charge in [-0.3, -0.25) is 0 Å². The van der Waals surface area contributed by atoms with Gasteiger partial charge in [-0.25, -0.2) is 0 Å². The minimum absolute atomic E-state index is 0.0175. The normalized spacial score (nSPS) is 46.3. The molecule has 7 saturated carbocycles. The fraction of sp³-hybridized carbons (Fsp3) is 1.00. The second kappa shape index (κ2) is 16.3. The van der Waals surface area contributed by atoms with Crippen LogP contribution in [0.5, 0.6) is 0 Å². The highest BCUT2D eigenvalue weighted by molar-refractivity contribution is 7.00. The molecule has 2 N–H and O–H groups in total. The van der Waals surface area contributed by atoms with Crippen LogP contribution in [0.2, 0.25) is 58.4 Å². The molecule has 7 atom stereocenters. The molecule has 3 saturated heterocycles. The van der Waals surface area contributed by atoms with Crippen LogP contribution >= 0.6 is 0 Å². The summed E-state index contributed by atoms with van der Waals surface area (Å²) in [7, 11) is -31.1. The fourth-order valence-corrected chi connectivity index (χ4v) is 60.7. The van der Waals surface area contributed by atoms with Crippen LogP contribution in [0.25, 0.3) is 0 Å². The average molecular weight is 948 g/mol. The first-order chi connectivity index (χ1) is 27.8. The van der Waals surface area contributed by atoms with Crippen LogP contribution in [-0.4, -0.2) is 79.5 Å². The summed E-state index contributed by atoms with van der Waals surface area (Å²) in [6.45, 7) is 6.74. The van der Waals surface area contributed by atoms with E-state index in [1.807, 2.05) is 0 Å². The van der Waals surface area contributed by atoms with Crippen LogP contribution in [0.3, 0.4) is 0 Å². The molecule has 3 aliphatic heterocycles. The molecular weight excluding hydrogens is 873 g/mol. The number of hydrogen-bond acceptors (Lipinski definition) is 12. The molecule has 4 bridgehead atoms. The summed E-state index contributed by atoms with van der Waals surface area (Å²) >= 11 is 0. The topological polar surface area (TPSA) is 133 Å². The number of rotatable bonds is 9. The zero-order chi connectivity index (χ0) is 39.9. The highest BCUT2D eigenvalue weighted by Crippen LogP contribution is 2.62. The Labute approximate surface area is 357 Å². The van der Waals surface area contributed by atoms with E-state index in [9.17, 15) is 9.59 Å². The van der Waals surface area contributed by atoms with Crippen molar-refractivity contribution in [3.8, 4) is 0 Å². The Morgan fingerprint density at radius 3 is 0.828 bits per heavy atom. The van der Waals surface area contributed by atoms with Gasteiger partial charge in [-0.1, -0.05) is 89.9 Å². The van der Waals surface area contributed by atoms with E-state index in [2.05, 4.69) is 19.6 Å². The third-order valence-electron chi connectivity index (χ3n) is 16.0. The lowest BCUT2D eigenvalue weighted by molar-refractivity contribution is -0.00880. The second-order valence-corrected chi connectivity index (χ2v) is 47.9. The van der Waals surface area contributed by atoms with Crippen molar-refractivity contribution in [2.45, 2.75) is 238 Å². The zero-order valence-corrected chi connectivity index (χ0v) is 43.8.